The highest BCUT2D eigenvalue weighted by Crippen LogP contribution is 2.53. The molecule has 4 rings (SSSR count). The molecule has 3 aliphatic carbocycles. The molecule has 3 heteroatoms. The maximum absolute atomic E-state index is 12.7. The normalized spacial score (nSPS) is 35.8. The Labute approximate surface area is 119 Å². The number of rotatable bonds is 0. The van der Waals surface area contributed by atoms with Crippen molar-refractivity contribution in [1.82, 2.24) is 0 Å². The SMILES string of the molecule is O=C1c2cccc(I)c2C(=O)C2C3C=CC(C3)C12. The Bertz CT molecular complexity index is 617. The fourth-order valence-corrected chi connectivity index (χ4v) is 4.63. The number of ketones is 2. The van der Waals surface area contributed by atoms with Crippen molar-refractivity contribution in [3.05, 3.63) is 45.0 Å². The van der Waals surface area contributed by atoms with Gasteiger partial charge >= 0.3 is 0 Å². The van der Waals surface area contributed by atoms with Crippen LogP contribution in [0.15, 0.2) is 30.4 Å². The van der Waals surface area contributed by atoms with Crippen LogP contribution in [0.1, 0.15) is 27.1 Å². The van der Waals surface area contributed by atoms with Gasteiger partial charge in [-0.15, -0.1) is 0 Å². The van der Waals surface area contributed by atoms with Gasteiger partial charge in [-0.2, -0.15) is 0 Å². The van der Waals surface area contributed by atoms with Gasteiger partial charge in [-0.3, -0.25) is 9.59 Å². The Morgan fingerprint density at radius 1 is 1.00 bits per heavy atom. The second-order valence-electron chi connectivity index (χ2n) is 5.39. The number of hydrogen-bond donors (Lipinski definition) is 0. The molecule has 4 atom stereocenters. The van der Waals surface area contributed by atoms with E-state index in [1.807, 2.05) is 18.2 Å². The van der Waals surface area contributed by atoms with Crippen LogP contribution in [0.5, 0.6) is 0 Å². The van der Waals surface area contributed by atoms with Crippen LogP contribution in [0, 0.1) is 27.2 Å². The predicted molar refractivity (Wildman–Crippen MR) is 75.5 cm³/mol. The van der Waals surface area contributed by atoms with Gasteiger partial charge in [-0.25, -0.2) is 0 Å². The highest BCUT2D eigenvalue weighted by molar-refractivity contribution is 14.1. The van der Waals surface area contributed by atoms with Crippen molar-refractivity contribution in [2.75, 3.05) is 0 Å². The third kappa shape index (κ3) is 1.18. The smallest absolute Gasteiger partial charge is 0.169 e. The minimum Gasteiger partial charge on any atom is -0.294 e. The Morgan fingerprint density at radius 2 is 1.67 bits per heavy atom. The van der Waals surface area contributed by atoms with E-state index < -0.39 is 0 Å². The van der Waals surface area contributed by atoms with Crippen molar-refractivity contribution in [3.63, 3.8) is 0 Å². The quantitative estimate of drug-likeness (QED) is 0.532. The maximum Gasteiger partial charge on any atom is 0.169 e. The molecule has 0 spiro atoms. The number of benzene rings is 1. The van der Waals surface area contributed by atoms with Gasteiger partial charge in [0.1, 0.15) is 0 Å². The van der Waals surface area contributed by atoms with E-state index in [1.165, 1.54) is 0 Å². The van der Waals surface area contributed by atoms with Crippen LogP contribution in [0.4, 0.5) is 0 Å². The fraction of sp³-hybridized carbons (Fsp3) is 0.333. The zero-order chi connectivity index (χ0) is 12.4. The molecule has 1 aromatic rings. The van der Waals surface area contributed by atoms with Gasteiger partial charge in [0.2, 0.25) is 0 Å². The van der Waals surface area contributed by atoms with Crippen molar-refractivity contribution in [3.8, 4) is 0 Å². The van der Waals surface area contributed by atoms with Gasteiger partial charge in [-0.1, -0.05) is 24.3 Å². The Kier molecular flexibility index (Phi) is 2.14. The van der Waals surface area contributed by atoms with Crippen molar-refractivity contribution in [2.24, 2.45) is 23.7 Å². The summed E-state index contributed by atoms with van der Waals surface area (Å²) in [6.07, 6.45) is 5.26. The third-order valence-corrected chi connectivity index (χ3v) is 5.49. The Morgan fingerprint density at radius 3 is 2.39 bits per heavy atom. The summed E-state index contributed by atoms with van der Waals surface area (Å²) in [7, 11) is 0. The Balaban J connectivity index is 1.96. The third-order valence-electron chi connectivity index (χ3n) is 4.59. The summed E-state index contributed by atoms with van der Waals surface area (Å²) >= 11 is 2.16. The van der Waals surface area contributed by atoms with Crippen molar-refractivity contribution in [2.45, 2.75) is 6.42 Å². The molecule has 0 radical (unpaired) electrons. The summed E-state index contributed by atoms with van der Waals surface area (Å²) in [6.45, 7) is 0. The second-order valence-corrected chi connectivity index (χ2v) is 6.55. The van der Waals surface area contributed by atoms with Crippen molar-refractivity contribution in [1.29, 1.82) is 0 Å². The predicted octanol–water partition coefficient (Wildman–Crippen LogP) is 3.11. The van der Waals surface area contributed by atoms with Gasteiger partial charge in [-0.05, 0) is 46.9 Å². The zero-order valence-electron chi connectivity index (χ0n) is 9.60. The van der Waals surface area contributed by atoms with Crippen LogP contribution in [0.2, 0.25) is 0 Å². The lowest BCUT2D eigenvalue weighted by Crippen LogP contribution is -2.39. The second kappa shape index (κ2) is 3.53. The lowest BCUT2D eigenvalue weighted by molar-refractivity contribution is 0.0720. The molecular weight excluding hydrogens is 339 g/mol. The van der Waals surface area contributed by atoms with Gasteiger partial charge in [0.25, 0.3) is 0 Å². The molecule has 0 saturated heterocycles. The van der Waals surface area contributed by atoms with E-state index >= 15 is 0 Å². The van der Waals surface area contributed by atoms with E-state index in [4.69, 9.17) is 0 Å². The number of halogens is 1. The summed E-state index contributed by atoms with van der Waals surface area (Å²) in [5.74, 6) is 0.790. The van der Waals surface area contributed by atoms with Crippen LogP contribution < -0.4 is 0 Å². The molecule has 3 aliphatic rings. The maximum atomic E-state index is 12.7. The number of carbonyl (C=O) groups is 2. The van der Waals surface area contributed by atoms with Crippen LogP contribution in [0.25, 0.3) is 0 Å². The van der Waals surface area contributed by atoms with Gasteiger partial charge in [0.05, 0.1) is 0 Å². The molecule has 1 fully saturated rings. The van der Waals surface area contributed by atoms with Crippen LogP contribution in [-0.4, -0.2) is 11.6 Å². The highest BCUT2D eigenvalue weighted by atomic mass is 127. The molecule has 1 saturated carbocycles. The molecule has 4 unspecified atom stereocenters. The first-order chi connectivity index (χ1) is 8.68. The van der Waals surface area contributed by atoms with E-state index in [1.54, 1.807) is 0 Å². The first-order valence-corrected chi connectivity index (χ1v) is 7.31. The fourth-order valence-electron chi connectivity index (χ4n) is 3.86. The molecule has 0 aromatic heterocycles. The molecule has 2 bridgehead atoms. The van der Waals surface area contributed by atoms with Crippen molar-refractivity contribution < 1.29 is 9.59 Å². The van der Waals surface area contributed by atoms with E-state index in [2.05, 4.69) is 34.7 Å². The number of Topliss-reactive ketones (excluding diaryl/α,β-unsaturated/α-hetero) is 2. The number of hydrogen-bond acceptors (Lipinski definition) is 2. The van der Waals surface area contributed by atoms with E-state index in [9.17, 15) is 9.59 Å². The molecule has 90 valence electrons. The van der Waals surface area contributed by atoms with E-state index in [0.717, 1.165) is 9.99 Å². The summed E-state index contributed by atoms with van der Waals surface area (Å²) in [5.41, 5.74) is 1.32. The zero-order valence-corrected chi connectivity index (χ0v) is 11.8. The van der Waals surface area contributed by atoms with Crippen LogP contribution in [-0.2, 0) is 0 Å². The Hall–Kier alpha value is -0.970. The molecular formula is C15H11IO2. The molecule has 0 heterocycles. The summed E-state index contributed by atoms with van der Waals surface area (Å²) in [6, 6.07) is 5.59. The van der Waals surface area contributed by atoms with Gasteiger partial charge in [0.15, 0.2) is 11.6 Å². The average molecular weight is 350 g/mol. The van der Waals surface area contributed by atoms with Crippen LogP contribution in [0.3, 0.4) is 0 Å². The molecule has 0 aliphatic heterocycles. The monoisotopic (exact) mass is 350 g/mol. The van der Waals surface area contributed by atoms with Gasteiger partial charge < -0.3 is 0 Å². The van der Waals surface area contributed by atoms with E-state index in [-0.39, 0.29) is 23.4 Å². The van der Waals surface area contributed by atoms with Gasteiger partial charge in [0, 0.05) is 26.5 Å². The summed E-state index contributed by atoms with van der Waals surface area (Å²) in [5, 5.41) is 0. The molecule has 18 heavy (non-hydrogen) atoms. The minimum absolute atomic E-state index is 0.0850. The molecule has 2 nitrogen and oxygen atoms in total. The molecule has 0 amide bonds. The first-order valence-electron chi connectivity index (χ1n) is 6.24. The minimum atomic E-state index is -0.0871. The summed E-state index contributed by atoms with van der Waals surface area (Å²) in [4.78, 5) is 25.3. The van der Waals surface area contributed by atoms with Crippen molar-refractivity contribution >= 4 is 34.2 Å². The number of fused-ring (bicyclic) bond motifs is 6. The average Bonchev–Trinajstić information content (AvgIpc) is 2.96. The molecule has 0 N–H and O–H groups in total. The number of carbonyl (C=O) groups excluding carboxylic acids is 2. The first kappa shape index (κ1) is 10.9. The lowest BCUT2D eigenvalue weighted by atomic mass is 9.69. The summed E-state index contributed by atoms with van der Waals surface area (Å²) < 4.78 is 0.911. The standard InChI is InChI=1S/C15H11IO2/c16-10-3-1-2-9-13(10)15(18)12-8-5-4-7(6-8)11(12)14(9)17/h1-5,7-8,11-12H,6H2. The largest absolute Gasteiger partial charge is 0.294 e. The lowest BCUT2D eigenvalue weighted by Gasteiger charge is -2.31. The highest BCUT2D eigenvalue weighted by Gasteiger charge is 2.54. The topological polar surface area (TPSA) is 34.1 Å². The van der Waals surface area contributed by atoms with E-state index in [0.29, 0.717) is 23.0 Å². The molecule has 1 aromatic carbocycles. The van der Waals surface area contributed by atoms with Crippen LogP contribution >= 0.6 is 22.6 Å². The number of allylic oxidation sites excluding steroid dienone is 2.